The van der Waals surface area contributed by atoms with Crippen LogP contribution in [0.3, 0.4) is 0 Å². The first-order valence-electron chi connectivity index (χ1n) is 8.44. The average molecular weight is 381 g/mol. The molecule has 2 N–H and O–H groups in total. The lowest BCUT2D eigenvalue weighted by Crippen LogP contribution is -2.20. The Morgan fingerprint density at radius 2 is 2.04 bits per heavy atom. The van der Waals surface area contributed by atoms with Crippen LogP contribution in [0.5, 0.6) is 0 Å². The zero-order valence-corrected chi connectivity index (χ0v) is 15.6. The van der Waals surface area contributed by atoms with E-state index in [-0.39, 0.29) is 17.9 Å². The highest BCUT2D eigenvalue weighted by molar-refractivity contribution is 7.98. The molecule has 0 fully saturated rings. The molecule has 0 saturated carbocycles. The first-order valence-corrected chi connectivity index (χ1v) is 9.43. The lowest BCUT2D eigenvalue weighted by Gasteiger charge is -2.07. The van der Waals surface area contributed by atoms with Crippen LogP contribution >= 0.6 is 11.8 Å². The van der Waals surface area contributed by atoms with Crippen molar-refractivity contribution in [3.63, 3.8) is 0 Å². The number of nitrogens with zero attached hydrogens (tertiary/aromatic N) is 3. The van der Waals surface area contributed by atoms with Crippen LogP contribution in [0.25, 0.3) is 0 Å². The van der Waals surface area contributed by atoms with Crippen LogP contribution in [0.2, 0.25) is 0 Å². The maximum atomic E-state index is 12.4. The van der Waals surface area contributed by atoms with E-state index in [0.29, 0.717) is 28.7 Å². The van der Waals surface area contributed by atoms with Crippen molar-refractivity contribution in [1.29, 1.82) is 0 Å². The molecule has 138 valence electrons. The standard InChI is InChI=1S/C19H19N5O2S/c1-13-15(7-8-17(25)23-16-11-20-9-10-21-16)18(26)24-19(22-13)27-12-14-5-3-2-4-6-14/h2-6,9-11H,7-8,12H2,1H3,(H,21,23,25)(H,22,24,26). The quantitative estimate of drug-likeness (QED) is 0.482. The topological polar surface area (TPSA) is 101 Å². The Labute approximate surface area is 160 Å². The van der Waals surface area contributed by atoms with E-state index < -0.39 is 0 Å². The van der Waals surface area contributed by atoms with Crippen molar-refractivity contribution < 1.29 is 4.79 Å². The second-order valence-corrected chi connectivity index (χ2v) is 6.81. The molecule has 0 saturated heterocycles. The van der Waals surface area contributed by atoms with Crippen molar-refractivity contribution in [2.45, 2.75) is 30.7 Å². The minimum absolute atomic E-state index is 0.165. The molecule has 2 aromatic heterocycles. The molecule has 3 rings (SSSR count). The molecule has 0 aliphatic rings. The normalized spacial score (nSPS) is 10.6. The van der Waals surface area contributed by atoms with Gasteiger partial charge in [-0.3, -0.25) is 14.6 Å². The molecule has 7 nitrogen and oxygen atoms in total. The molecule has 0 atom stereocenters. The maximum absolute atomic E-state index is 12.4. The molecule has 2 heterocycles. The Bertz CT molecular complexity index is 961. The molecule has 0 aliphatic carbocycles. The number of anilines is 1. The molecule has 3 aromatic rings. The number of amides is 1. The van der Waals surface area contributed by atoms with Gasteiger partial charge in [0.05, 0.1) is 6.20 Å². The van der Waals surface area contributed by atoms with Crippen LogP contribution in [-0.4, -0.2) is 25.8 Å². The van der Waals surface area contributed by atoms with E-state index in [9.17, 15) is 9.59 Å². The van der Waals surface area contributed by atoms with Crippen molar-refractivity contribution >= 4 is 23.5 Å². The predicted molar refractivity (Wildman–Crippen MR) is 105 cm³/mol. The number of H-pyrrole nitrogens is 1. The van der Waals surface area contributed by atoms with E-state index in [1.165, 1.54) is 30.4 Å². The first kappa shape index (κ1) is 18.8. The molecule has 0 radical (unpaired) electrons. The van der Waals surface area contributed by atoms with E-state index in [0.717, 1.165) is 11.3 Å². The van der Waals surface area contributed by atoms with Crippen molar-refractivity contribution in [3.8, 4) is 0 Å². The smallest absolute Gasteiger partial charge is 0.254 e. The molecule has 0 unspecified atom stereocenters. The van der Waals surface area contributed by atoms with E-state index in [1.54, 1.807) is 6.92 Å². The van der Waals surface area contributed by atoms with Crippen LogP contribution in [0.1, 0.15) is 23.2 Å². The van der Waals surface area contributed by atoms with E-state index in [4.69, 9.17) is 0 Å². The summed E-state index contributed by atoms with van der Waals surface area (Å²) in [5, 5.41) is 3.23. The average Bonchev–Trinajstić information content (AvgIpc) is 2.67. The highest BCUT2D eigenvalue weighted by atomic mass is 32.2. The number of aromatic amines is 1. The summed E-state index contributed by atoms with van der Waals surface area (Å²) in [7, 11) is 0. The zero-order valence-electron chi connectivity index (χ0n) is 14.8. The van der Waals surface area contributed by atoms with Gasteiger partial charge in [-0.25, -0.2) is 9.97 Å². The van der Waals surface area contributed by atoms with Gasteiger partial charge in [-0.05, 0) is 18.9 Å². The summed E-state index contributed by atoms with van der Waals surface area (Å²) >= 11 is 1.48. The minimum atomic E-state index is -0.225. The number of rotatable bonds is 7. The second-order valence-electron chi connectivity index (χ2n) is 5.85. The summed E-state index contributed by atoms with van der Waals surface area (Å²) in [5.74, 6) is 0.888. The van der Waals surface area contributed by atoms with Crippen molar-refractivity contribution in [1.82, 2.24) is 19.9 Å². The largest absolute Gasteiger partial charge is 0.309 e. The molecular formula is C19H19N5O2S. The van der Waals surface area contributed by atoms with Crippen molar-refractivity contribution in [2.75, 3.05) is 5.32 Å². The summed E-state index contributed by atoms with van der Waals surface area (Å²) in [6, 6.07) is 9.98. The third-order valence-corrected chi connectivity index (χ3v) is 4.80. The van der Waals surface area contributed by atoms with Gasteiger partial charge in [0.15, 0.2) is 11.0 Å². The molecule has 27 heavy (non-hydrogen) atoms. The predicted octanol–water partition coefficient (Wildman–Crippen LogP) is 2.73. The number of hydrogen-bond donors (Lipinski definition) is 2. The second kappa shape index (κ2) is 9.09. The number of benzene rings is 1. The summed E-state index contributed by atoms with van der Waals surface area (Å²) < 4.78 is 0. The summed E-state index contributed by atoms with van der Waals surface area (Å²) in [4.78, 5) is 39.5. The van der Waals surface area contributed by atoms with Gasteiger partial charge in [0.1, 0.15) is 0 Å². The van der Waals surface area contributed by atoms with Crippen molar-refractivity contribution in [2.24, 2.45) is 0 Å². The Morgan fingerprint density at radius 3 is 2.74 bits per heavy atom. The number of aromatic nitrogens is 4. The molecule has 0 aliphatic heterocycles. The number of carbonyl (C=O) groups is 1. The van der Waals surface area contributed by atoms with Gasteiger partial charge in [0, 0.05) is 35.8 Å². The SMILES string of the molecule is Cc1nc(SCc2ccccc2)[nH]c(=O)c1CCC(=O)Nc1cnccn1. The molecule has 1 amide bonds. The van der Waals surface area contributed by atoms with E-state index in [1.807, 2.05) is 30.3 Å². The molecule has 1 aromatic carbocycles. The van der Waals surface area contributed by atoms with Gasteiger partial charge in [-0.1, -0.05) is 42.1 Å². The Kier molecular flexibility index (Phi) is 6.32. The number of carbonyl (C=O) groups excluding carboxylic acids is 1. The molecule has 8 heteroatoms. The van der Waals surface area contributed by atoms with Gasteiger partial charge in [-0.15, -0.1) is 0 Å². The fourth-order valence-electron chi connectivity index (χ4n) is 2.48. The van der Waals surface area contributed by atoms with Gasteiger partial charge < -0.3 is 10.3 Å². The highest BCUT2D eigenvalue weighted by Crippen LogP contribution is 2.19. The Morgan fingerprint density at radius 1 is 1.22 bits per heavy atom. The van der Waals surface area contributed by atoms with Crippen LogP contribution in [-0.2, 0) is 17.0 Å². The summed E-state index contributed by atoms with van der Waals surface area (Å²) in [5.41, 5.74) is 2.12. The monoisotopic (exact) mass is 381 g/mol. The fourth-order valence-corrected chi connectivity index (χ4v) is 3.34. The highest BCUT2D eigenvalue weighted by Gasteiger charge is 2.11. The van der Waals surface area contributed by atoms with Crippen LogP contribution in [0.15, 0.2) is 58.9 Å². The van der Waals surface area contributed by atoms with Crippen LogP contribution in [0.4, 0.5) is 5.82 Å². The molecule has 0 bridgehead atoms. The van der Waals surface area contributed by atoms with Gasteiger partial charge in [0.25, 0.3) is 5.56 Å². The van der Waals surface area contributed by atoms with Crippen LogP contribution in [0, 0.1) is 6.92 Å². The lowest BCUT2D eigenvalue weighted by atomic mass is 10.1. The number of thioether (sulfide) groups is 1. The Hall–Kier alpha value is -3.00. The third kappa shape index (κ3) is 5.49. The third-order valence-electron chi connectivity index (χ3n) is 3.85. The van der Waals surface area contributed by atoms with E-state index in [2.05, 4.69) is 25.3 Å². The Balaban J connectivity index is 1.59. The number of aryl methyl sites for hydroxylation is 1. The van der Waals surface area contributed by atoms with Crippen molar-refractivity contribution in [3.05, 3.63) is 76.1 Å². The first-order chi connectivity index (χ1) is 13.1. The lowest BCUT2D eigenvalue weighted by molar-refractivity contribution is -0.116. The summed E-state index contributed by atoms with van der Waals surface area (Å²) in [6.07, 6.45) is 4.97. The number of hydrogen-bond acceptors (Lipinski definition) is 6. The fraction of sp³-hybridized carbons (Fsp3) is 0.211. The maximum Gasteiger partial charge on any atom is 0.254 e. The van der Waals surface area contributed by atoms with Gasteiger partial charge in [0.2, 0.25) is 5.91 Å². The minimum Gasteiger partial charge on any atom is -0.309 e. The van der Waals surface area contributed by atoms with E-state index >= 15 is 0 Å². The number of nitrogens with one attached hydrogen (secondary N) is 2. The summed E-state index contributed by atoms with van der Waals surface area (Å²) in [6.45, 7) is 1.79. The zero-order chi connectivity index (χ0) is 19.1. The molecule has 0 spiro atoms. The van der Waals surface area contributed by atoms with Gasteiger partial charge >= 0.3 is 0 Å². The van der Waals surface area contributed by atoms with Crippen LogP contribution < -0.4 is 10.9 Å². The molecular weight excluding hydrogens is 362 g/mol. The van der Waals surface area contributed by atoms with Gasteiger partial charge in [-0.2, -0.15) is 0 Å².